The number of hydrogen-bond donors (Lipinski definition) is 3. The quantitative estimate of drug-likeness (QED) is 0.0143. The van der Waals surface area contributed by atoms with Crippen LogP contribution >= 0.6 is 8.53 Å². The van der Waals surface area contributed by atoms with Gasteiger partial charge in [-0.15, -0.1) is 0 Å². The molecule has 3 aliphatic heterocycles. The van der Waals surface area contributed by atoms with Gasteiger partial charge in [0.1, 0.15) is 35.0 Å². The largest absolute Gasteiger partial charge is 0.497 e. The highest BCUT2D eigenvalue weighted by molar-refractivity contribution is 7.44. The maximum Gasteiger partial charge on any atom is 0.330 e. The van der Waals surface area contributed by atoms with Crippen molar-refractivity contribution in [1.29, 1.82) is 5.26 Å². The average Bonchev–Trinajstić information content (AvgIpc) is 1.72. The summed E-state index contributed by atoms with van der Waals surface area (Å²) >= 11 is 0. The van der Waals surface area contributed by atoms with Gasteiger partial charge in [-0.3, -0.25) is 14.3 Å². The van der Waals surface area contributed by atoms with Crippen LogP contribution in [0.15, 0.2) is 149 Å². The van der Waals surface area contributed by atoms with Crippen LogP contribution in [0.5, 0.6) is 11.5 Å². The molecule has 9 aromatic rings. The lowest BCUT2D eigenvalue weighted by Gasteiger charge is -2.39. The number of benzene rings is 5. The normalized spacial score (nSPS) is 15.3. The Morgan fingerprint density at radius 1 is 0.556 bits per heavy atom. The van der Waals surface area contributed by atoms with E-state index in [9.17, 15) is 14.9 Å². The second-order valence-electron chi connectivity index (χ2n) is 37.4. The van der Waals surface area contributed by atoms with Crippen LogP contribution in [-0.2, 0) is 47.8 Å². The van der Waals surface area contributed by atoms with Crippen LogP contribution in [0.4, 0.5) is 0 Å². The molecule has 3 aliphatic rings. The molecule has 16 nitrogen and oxygen atoms in total. The number of aryl methyl sites for hydroxylation is 4. The minimum absolute atomic E-state index is 0.0156. The maximum absolute atomic E-state index is 14.6. The van der Waals surface area contributed by atoms with Gasteiger partial charge in [0, 0.05) is 52.4 Å². The van der Waals surface area contributed by atoms with Crippen molar-refractivity contribution < 1.29 is 28.0 Å². The van der Waals surface area contributed by atoms with Crippen molar-refractivity contribution in [2.24, 2.45) is 0 Å². The Morgan fingerprint density at radius 3 is 1.48 bits per heavy atom. The summed E-state index contributed by atoms with van der Waals surface area (Å²) in [5.74, 6) is 7.95. The minimum atomic E-state index is -1.82. The molecule has 1 fully saturated rings. The van der Waals surface area contributed by atoms with Gasteiger partial charge in [0.2, 0.25) is 0 Å². The molecular weight excluding hydrogens is 1580 g/mol. The van der Waals surface area contributed by atoms with E-state index < -0.39 is 43.8 Å². The molecule has 668 valence electrons. The Balaban J connectivity index is 1.03. The fourth-order valence-corrected chi connectivity index (χ4v) is 20.1. The molecule has 4 atom stereocenters. The predicted molar refractivity (Wildman–Crippen MR) is 521 cm³/mol. The summed E-state index contributed by atoms with van der Waals surface area (Å²) in [5.41, 5.74) is 25.8. The summed E-state index contributed by atoms with van der Waals surface area (Å²) in [6, 6.07) is 48.5. The number of aromatic nitrogens is 6. The number of nitrogens with zero attached hydrogens (tertiary/aromatic N) is 5. The second-order valence-corrected chi connectivity index (χ2v) is 38.8. The maximum atomic E-state index is 14.6. The fraction of sp³-hybridized carbons (Fsp3) is 0.477. The Labute approximate surface area is 752 Å². The lowest BCUT2D eigenvalue weighted by Crippen LogP contribution is -2.39. The first kappa shape index (κ1) is 95.4. The van der Waals surface area contributed by atoms with Crippen LogP contribution < -0.4 is 20.7 Å². The number of fused-ring (bicyclic) bond motifs is 8. The first-order chi connectivity index (χ1) is 60.6. The Kier molecular flexibility index (Phi) is 32.8. The lowest BCUT2D eigenvalue weighted by atomic mass is 9.78. The first-order valence-electron chi connectivity index (χ1n) is 46.8. The molecule has 1 saturated heterocycles. The zero-order valence-corrected chi connectivity index (χ0v) is 80.0. The van der Waals surface area contributed by atoms with E-state index in [4.69, 9.17) is 38.0 Å². The van der Waals surface area contributed by atoms with Gasteiger partial charge >= 0.3 is 5.69 Å². The minimum Gasteiger partial charge on any atom is -0.497 e. The topological polar surface area (TPSA) is 195 Å². The van der Waals surface area contributed by atoms with E-state index in [1.54, 1.807) is 14.2 Å². The number of methoxy groups -OCH3 is 2. The summed E-state index contributed by atoms with van der Waals surface area (Å²) < 4.78 is 43.4. The first-order valence-corrected chi connectivity index (χ1v) is 48.0. The highest BCUT2D eigenvalue weighted by Gasteiger charge is 2.46. The number of aromatic amines is 3. The van der Waals surface area contributed by atoms with Gasteiger partial charge in [-0.05, 0) is 250 Å². The van der Waals surface area contributed by atoms with E-state index in [1.807, 2.05) is 91.0 Å². The number of unbranched alkanes of at least 4 members (excludes halogenated alkanes) is 12. The van der Waals surface area contributed by atoms with E-state index in [1.165, 1.54) is 79.3 Å². The molecule has 0 spiro atoms. The van der Waals surface area contributed by atoms with Crippen LogP contribution in [0.2, 0.25) is 0 Å². The van der Waals surface area contributed by atoms with Gasteiger partial charge in [0.15, 0.2) is 0 Å². The van der Waals surface area contributed by atoms with E-state index >= 15 is 0 Å². The number of allylic oxidation sites excluding steroid dienone is 4. The van der Waals surface area contributed by atoms with Crippen molar-refractivity contribution >= 4 is 52.9 Å². The Morgan fingerprint density at radius 2 is 1.03 bits per heavy atom. The molecule has 12 rings (SSSR count). The van der Waals surface area contributed by atoms with Crippen LogP contribution in [0.3, 0.4) is 0 Å². The zero-order chi connectivity index (χ0) is 90.2. The van der Waals surface area contributed by atoms with E-state index in [-0.39, 0.29) is 54.5 Å². The van der Waals surface area contributed by atoms with E-state index in [0.29, 0.717) is 17.1 Å². The number of H-pyrrole nitrogens is 3. The number of nitriles is 1. The number of nitrogens with one attached hydrogen (secondary N) is 3. The van der Waals surface area contributed by atoms with Crippen molar-refractivity contribution in [3.8, 4) is 51.7 Å². The summed E-state index contributed by atoms with van der Waals surface area (Å²) in [6.45, 7) is 41.1. The Bertz CT molecular complexity index is 5490. The van der Waals surface area contributed by atoms with E-state index in [2.05, 4.69) is 205 Å². The van der Waals surface area contributed by atoms with E-state index in [0.717, 1.165) is 199 Å². The van der Waals surface area contributed by atoms with Gasteiger partial charge in [0.25, 0.3) is 14.1 Å². The van der Waals surface area contributed by atoms with Gasteiger partial charge in [-0.1, -0.05) is 243 Å². The second kappa shape index (κ2) is 43.4. The summed E-state index contributed by atoms with van der Waals surface area (Å²) in [5, 5.41) is 9.78. The third kappa shape index (κ3) is 22.0. The SMILES string of the molecule is CCCCCCC1=C(C)c2nc1cc1[nH]c(c(C)c1CCCCCC)c(-c1cc(C(C)(C)C)cc(C(C)(C)C)c1)c1[nH]c(cc3nc(c2-c2ccc(C#Cc4cn([C@H]5C[C@H](OP(OCCC#N)N(C(C)C)C(C)C)[C@@H](COC(c6ccccc6)(c6ccc(OC)cc6)c6ccc(OC)cc6)O5)c(=O)[nH]c4=O)cc2)C(C)=C3CCCCCC)c(CCCCCC)c1C. The summed E-state index contributed by atoms with van der Waals surface area (Å²) in [7, 11) is 1.46. The molecule has 4 aromatic heterocycles. The van der Waals surface area contributed by atoms with Crippen molar-refractivity contribution in [2.75, 3.05) is 27.4 Å². The highest BCUT2D eigenvalue weighted by Crippen LogP contribution is 2.53. The summed E-state index contributed by atoms with van der Waals surface area (Å²) in [6.07, 6.45) is 20.9. The monoisotopic (exact) mass is 1720 g/mol. The third-order valence-electron chi connectivity index (χ3n) is 25.6. The molecule has 17 heteroatoms. The predicted octanol–water partition coefficient (Wildman–Crippen LogP) is 27.1. The van der Waals surface area contributed by atoms with Crippen LogP contribution in [0.25, 0.3) is 66.6 Å². The third-order valence-corrected chi connectivity index (χ3v) is 27.8. The lowest BCUT2D eigenvalue weighted by molar-refractivity contribution is -0.0925. The highest BCUT2D eigenvalue weighted by atomic mass is 31.2. The molecule has 1 unspecified atom stereocenters. The van der Waals surface area contributed by atoms with Crippen molar-refractivity contribution in [1.82, 2.24) is 34.2 Å². The van der Waals surface area contributed by atoms with Gasteiger partial charge < -0.3 is 38.0 Å². The molecule has 126 heavy (non-hydrogen) atoms. The molecular formula is C109H139N8O8P. The molecule has 8 bridgehead atoms. The average molecular weight is 1720 g/mol. The molecule has 3 N–H and O–H groups in total. The smallest absolute Gasteiger partial charge is 0.330 e. The standard InChI is InChI=1S/C109H139N8O8P/c1-21-25-29-36-43-88-73(9)101-99(102-74(10)89(44-37-30-26-22-2)93(112-102)67-95-91(46-39-32-28-24-4)76(12)104(114-95)100(80-63-84(107(13,14)15)65-85(64-80)108(16,17)18)103-75(11)90(45-38-31-27-23-3)94(113-103)66-92(88)111-101)78-50-47-77(48-51-78)49-52-79-69-116(106(119)115-105(79)118)98-68-96(125-126(123-62-40-61-110)117(71(5)6)72(7)8)97(124-98)70-122-109(81-41-34-33-35-42-81,82-53-57-86(120-19)58-54-82)83-55-59-87(121-20)60-56-83/h33-35,41-42,47-48,50-51,53-60,63-67,69,71-72,96-98,113-114H,21-32,36-40,43-46,62,68,70H2,1-20H3,(H,115,118,119)/t96-,97+,98+,126?/m0/s1. The molecule has 0 saturated carbocycles. The van der Waals surface area contributed by atoms with Crippen LogP contribution in [-0.4, -0.2) is 85.9 Å². The fourth-order valence-electron chi connectivity index (χ4n) is 18.4. The van der Waals surface area contributed by atoms with Crippen molar-refractivity contribution in [2.45, 2.75) is 313 Å². The number of ether oxygens (including phenoxy) is 4. The Hall–Kier alpha value is -9.74. The zero-order valence-electron chi connectivity index (χ0n) is 79.1. The van der Waals surface area contributed by atoms with Gasteiger partial charge in [0.05, 0.1) is 79.8 Å². The van der Waals surface area contributed by atoms with Gasteiger partial charge in [-0.2, -0.15) is 5.26 Å². The molecule has 0 aliphatic carbocycles. The van der Waals surface area contributed by atoms with Gasteiger partial charge in [-0.25, -0.2) is 19.4 Å². The molecule has 0 amide bonds. The van der Waals surface area contributed by atoms with Crippen LogP contribution in [0.1, 0.15) is 329 Å². The number of rotatable bonds is 39. The molecule has 7 heterocycles. The number of hydrogen-bond acceptors (Lipinski definition) is 12. The van der Waals surface area contributed by atoms with Crippen molar-refractivity contribution in [3.05, 3.63) is 244 Å². The van der Waals surface area contributed by atoms with Crippen molar-refractivity contribution in [3.63, 3.8) is 0 Å². The molecule has 5 aromatic carbocycles. The summed E-state index contributed by atoms with van der Waals surface area (Å²) in [4.78, 5) is 52.2. The van der Waals surface area contributed by atoms with Crippen LogP contribution in [0, 0.1) is 37.0 Å². The molecule has 0 radical (unpaired) electrons.